The Labute approximate surface area is 102 Å². The number of carbonyl (C=O) groups excluding carboxylic acids is 1. The van der Waals surface area contributed by atoms with Crippen molar-refractivity contribution in [3.8, 4) is 10.8 Å². The molecule has 2 heterocycles. The molecule has 0 aliphatic carbocycles. The third-order valence-corrected chi connectivity index (χ3v) is 3.07. The highest BCUT2D eigenvalue weighted by atomic mass is 32.1. The molecule has 1 N–H and O–H groups in total. The smallest absolute Gasteiger partial charge is 0.335 e. The highest BCUT2D eigenvalue weighted by Crippen LogP contribution is 2.24. The molecule has 1 atom stereocenters. The Morgan fingerprint density at radius 2 is 2.53 bits per heavy atom. The van der Waals surface area contributed by atoms with Crippen LogP contribution < -0.4 is 0 Å². The molecule has 2 aromatic rings. The van der Waals surface area contributed by atoms with Crippen LogP contribution in [0.1, 0.15) is 5.69 Å². The standard InChI is InChI=1S/C11H11NO4S/c1-15-11(14)8(13)5-7-6-17-10(12-7)9-3-2-4-16-9/h2-4,6,8,13H,5H2,1H3. The summed E-state index contributed by atoms with van der Waals surface area (Å²) in [5.41, 5.74) is 0.638. The molecule has 2 aromatic heterocycles. The van der Waals surface area contributed by atoms with Gasteiger partial charge in [-0.25, -0.2) is 9.78 Å². The molecule has 0 amide bonds. The van der Waals surface area contributed by atoms with Gasteiger partial charge < -0.3 is 14.3 Å². The van der Waals surface area contributed by atoms with Crippen LogP contribution in [0.3, 0.4) is 0 Å². The molecule has 0 spiro atoms. The Balaban J connectivity index is 2.06. The third kappa shape index (κ3) is 2.72. The molecule has 0 bridgehead atoms. The molecule has 0 aromatic carbocycles. The summed E-state index contributed by atoms with van der Waals surface area (Å²) in [5.74, 6) is 0.0198. The number of aromatic nitrogens is 1. The third-order valence-electron chi connectivity index (χ3n) is 2.16. The first kappa shape index (κ1) is 11.8. The minimum Gasteiger partial charge on any atom is -0.467 e. The number of hydrogen-bond donors (Lipinski definition) is 1. The molecule has 0 aliphatic rings. The van der Waals surface area contributed by atoms with Gasteiger partial charge in [-0.2, -0.15) is 0 Å². The van der Waals surface area contributed by atoms with E-state index in [0.29, 0.717) is 11.5 Å². The van der Waals surface area contributed by atoms with Crippen molar-refractivity contribution in [1.82, 2.24) is 4.98 Å². The zero-order valence-electron chi connectivity index (χ0n) is 9.12. The number of carbonyl (C=O) groups is 1. The lowest BCUT2D eigenvalue weighted by Crippen LogP contribution is -2.24. The van der Waals surface area contributed by atoms with Crippen LogP contribution in [0, 0.1) is 0 Å². The monoisotopic (exact) mass is 253 g/mol. The molecule has 2 rings (SSSR count). The Hall–Kier alpha value is -1.66. The summed E-state index contributed by atoms with van der Waals surface area (Å²) in [7, 11) is 1.24. The minimum atomic E-state index is -1.17. The molecule has 0 saturated carbocycles. The van der Waals surface area contributed by atoms with E-state index in [2.05, 4.69) is 9.72 Å². The van der Waals surface area contributed by atoms with E-state index in [1.54, 1.807) is 23.8 Å². The van der Waals surface area contributed by atoms with E-state index >= 15 is 0 Å². The van der Waals surface area contributed by atoms with E-state index in [-0.39, 0.29) is 6.42 Å². The van der Waals surface area contributed by atoms with Crippen LogP contribution in [0.4, 0.5) is 0 Å². The van der Waals surface area contributed by atoms with Crippen molar-refractivity contribution in [2.45, 2.75) is 12.5 Å². The number of nitrogens with zero attached hydrogens (tertiary/aromatic N) is 1. The summed E-state index contributed by atoms with van der Waals surface area (Å²) in [4.78, 5) is 15.3. The Morgan fingerprint density at radius 3 is 3.18 bits per heavy atom. The molecule has 1 unspecified atom stereocenters. The number of aliphatic hydroxyl groups excluding tert-OH is 1. The number of hydrogen-bond acceptors (Lipinski definition) is 6. The van der Waals surface area contributed by atoms with Gasteiger partial charge >= 0.3 is 5.97 Å². The number of rotatable bonds is 4. The second-order valence-electron chi connectivity index (χ2n) is 3.36. The van der Waals surface area contributed by atoms with Crippen LogP contribution in [0.2, 0.25) is 0 Å². The fourth-order valence-electron chi connectivity index (χ4n) is 1.33. The molecule has 0 fully saturated rings. The van der Waals surface area contributed by atoms with Gasteiger partial charge in [0, 0.05) is 11.8 Å². The summed E-state index contributed by atoms with van der Waals surface area (Å²) in [6.07, 6.45) is 0.537. The molecular weight excluding hydrogens is 242 g/mol. The van der Waals surface area contributed by atoms with E-state index in [9.17, 15) is 9.90 Å². The second kappa shape index (κ2) is 5.11. The van der Waals surface area contributed by atoms with Crippen molar-refractivity contribution >= 4 is 17.3 Å². The second-order valence-corrected chi connectivity index (χ2v) is 4.22. The molecule has 90 valence electrons. The highest BCUT2D eigenvalue weighted by Gasteiger charge is 2.18. The summed E-state index contributed by atoms with van der Waals surface area (Å²) >= 11 is 1.40. The lowest BCUT2D eigenvalue weighted by Gasteiger charge is -2.05. The van der Waals surface area contributed by atoms with E-state index in [0.717, 1.165) is 5.01 Å². The minimum absolute atomic E-state index is 0.143. The number of thiazole rings is 1. The van der Waals surface area contributed by atoms with Crippen molar-refractivity contribution in [1.29, 1.82) is 0 Å². The number of ether oxygens (including phenoxy) is 1. The SMILES string of the molecule is COC(=O)C(O)Cc1csc(-c2ccco2)n1. The summed E-state index contributed by atoms with van der Waals surface area (Å²) in [5, 5.41) is 12.0. The maximum atomic E-state index is 11.0. The van der Waals surface area contributed by atoms with Gasteiger partial charge in [0.2, 0.25) is 0 Å². The average molecular weight is 253 g/mol. The Kier molecular flexibility index (Phi) is 3.55. The zero-order valence-corrected chi connectivity index (χ0v) is 9.94. The predicted octanol–water partition coefficient (Wildman–Crippen LogP) is 1.48. The maximum absolute atomic E-state index is 11.0. The van der Waals surface area contributed by atoms with Crippen molar-refractivity contribution in [3.05, 3.63) is 29.5 Å². The summed E-state index contributed by atoms with van der Waals surface area (Å²) in [6.45, 7) is 0. The average Bonchev–Trinajstić information content (AvgIpc) is 2.97. The molecule has 6 heteroatoms. The first-order chi connectivity index (χ1) is 8.20. The van der Waals surface area contributed by atoms with Crippen LogP contribution in [0.15, 0.2) is 28.2 Å². The van der Waals surface area contributed by atoms with Gasteiger partial charge in [0.15, 0.2) is 16.9 Å². The molecule has 0 aliphatic heterocycles. The molecule has 5 nitrogen and oxygen atoms in total. The predicted molar refractivity (Wildman–Crippen MR) is 61.5 cm³/mol. The van der Waals surface area contributed by atoms with Gasteiger partial charge in [0.1, 0.15) is 0 Å². The number of furan rings is 1. The lowest BCUT2D eigenvalue weighted by atomic mass is 10.2. The van der Waals surface area contributed by atoms with E-state index < -0.39 is 12.1 Å². The zero-order chi connectivity index (χ0) is 12.3. The highest BCUT2D eigenvalue weighted by molar-refractivity contribution is 7.13. The lowest BCUT2D eigenvalue weighted by molar-refractivity contribution is -0.150. The van der Waals surface area contributed by atoms with Crippen LogP contribution in [0.5, 0.6) is 0 Å². The van der Waals surface area contributed by atoms with E-state index in [1.165, 1.54) is 18.4 Å². The molecular formula is C11H11NO4S. The van der Waals surface area contributed by atoms with Gasteiger partial charge in [0.25, 0.3) is 0 Å². The van der Waals surface area contributed by atoms with Crippen molar-refractivity contribution in [3.63, 3.8) is 0 Å². The first-order valence-corrected chi connectivity index (χ1v) is 5.83. The summed E-state index contributed by atoms with van der Waals surface area (Å²) < 4.78 is 9.63. The van der Waals surface area contributed by atoms with Gasteiger partial charge in [-0.3, -0.25) is 0 Å². The molecule has 0 saturated heterocycles. The Bertz CT molecular complexity index is 491. The molecule has 17 heavy (non-hydrogen) atoms. The maximum Gasteiger partial charge on any atom is 0.335 e. The topological polar surface area (TPSA) is 72.6 Å². The van der Waals surface area contributed by atoms with Crippen molar-refractivity contribution < 1.29 is 19.1 Å². The van der Waals surface area contributed by atoms with Gasteiger partial charge in [0.05, 0.1) is 19.1 Å². The first-order valence-electron chi connectivity index (χ1n) is 4.95. The fraction of sp³-hybridized carbons (Fsp3) is 0.273. The van der Waals surface area contributed by atoms with E-state index in [4.69, 9.17) is 4.42 Å². The van der Waals surface area contributed by atoms with Crippen LogP contribution in [0.25, 0.3) is 10.8 Å². The van der Waals surface area contributed by atoms with Crippen molar-refractivity contribution in [2.24, 2.45) is 0 Å². The largest absolute Gasteiger partial charge is 0.467 e. The molecule has 0 radical (unpaired) electrons. The summed E-state index contributed by atoms with van der Waals surface area (Å²) in [6, 6.07) is 3.58. The van der Waals surface area contributed by atoms with Gasteiger partial charge in [-0.15, -0.1) is 11.3 Å². The fourth-order valence-corrected chi connectivity index (χ4v) is 2.13. The quantitative estimate of drug-likeness (QED) is 0.835. The van der Waals surface area contributed by atoms with Crippen LogP contribution >= 0.6 is 11.3 Å². The van der Waals surface area contributed by atoms with E-state index in [1.807, 2.05) is 0 Å². The normalized spacial score (nSPS) is 12.4. The van der Waals surface area contributed by atoms with Gasteiger partial charge in [-0.1, -0.05) is 0 Å². The van der Waals surface area contributed by atoms with Crippen molar-refractivity contribution in [2.75, 3.05) is 7.11 Å². The number of methoxy groups -OCH3 is 1. The van der Waals surface area contributed by atoms with Crippen LogP contribution in [-0.2, 0) is 16.0 Å². The number of aliphatic hydroxyl groups is 1. The van der Waals surface area contributed by atoms with Gasteiger partial charge in [-0.05, 0) is 12.1 Å². The van der Waals surface area contributed by atoms with Crippen LogP contribution in [-0.4, -0.2) is 29.3 Å². The Morgan fingerprint density at radius 1 is 1.71 bits per heavy atom. The number of esters is 1.